The fraction of sp³-hybridized carbons (Fsp3) is 0.562. The Morgan fingerprint density at radius 1 is 1.50 bits per heavy atom. The summed E-state index contributed by atoms with van der Waals surface area (Å²) in [7, 11) is 1.65. The van der Waals surface area contributed by atoms with Gasteiger partial charge < -0.3 is 9.64 Å². The van der Waals surface area contributed by atoms with E-state index in [4.69, 9.17) is 4.74 Å². The lowest BCUT2D eigenvalue weighted by Gasteiger charge is -2.24. The standard InChI is InChI=1S/C16H22BrNO2/c1-20-15-8-2-5-13(11-15)12-16(19)18-10-4-7-14(18)6-3-9-17/h2,5,8,11,14H,3-4,6-7,9-10,12H2,1H3. The number of likely N-dealkylation sites (tertiary alicyclic amines) is 1. The van der Waals surface area contributed by atoms with Gasteiger partial charge in [-0.05, 0) is 43.4 Å². The van der Waals surface area contributed by atoms with E-state index in [9.17, 15) is 4.79 Å². The summed E-state index contributed by atoms with van der Waals surface area (Å²) in [5.74, 6) is 1.06. The van der Waals surface area contributed by atoms with Crippen LogP contribution in [0.3, 0.4) is 0 Å². The van der Waals surface area contributed by atoms with Crippen molar-refractivity contribution in [3.63, 3.8) is 0 Å². The third kappa shape index (κ3) is 3.98. The zero-order valence-corrected chi connectivity index (χ0v) is 13.6. The average molecular weight is 340 g/mol. The third-order valence-corrected chi connectivity index (χ3v) is 4.42. The molecule has 0 aromatic heterocycles. The molecule has 1 atom stereocenters. The van der Waals surface area contributed by atoms with Gasteiger partial charge in [-0.25, -0.2) is 0 Å². The van der Waals surface area contributed by atoms with Gasteiger partial charge in [0.15, 0.2) is 0 Å². The van der Waals surface area contributed by atoms with Crippen LogP contribution in [-0.2, 0) is 11.2 Å². The molecule has 1 fully saturated rings. The number of hydrogen-bond donors (Lipinski definition) is 0. The van der Waals surface area contributed by atoms with E-state index in [0.29, 0.717) is 12.5 Å². The van der Waals surface area contributed by atoms with Crippen molar-refractivity contribution >= 4 is 21.8 Å². The maximum atomic E-state index is 12.5. The van der Waals surface area contributed by atoms with Gasteiger partial charge in [-0.1, -0.05) is 28.1 Å². The molecule has 1 heterocycles. The molecule has 1 saturated heterocycles. The Bertz CT molecular complexity index is 450. The van der Waals surface area contributed by atoms with Crippen LogP contribution in [0.25, 0.3) is 0 Å². The van der Waals surface area contributed by atoms with Gasteiger partial charge in [-0.3, -0.25) is 4.79 Å². The molecular weight excluding hydrogens is 318 g/mol. The molecule has 0 N–H and O–H groups in total. The Labute approximate surface area is 129 Å². The van der Waals surface area contributed by atoms with Crippen LogP contribution in [-0.4, -0.2) is 35.8 Å². The van der Waals surface area contributed by atoms with Crippen molar-refractivity contribution in [2.45, 2.75) is 38.1 Å². The number of carbonyl (C=O) groups excluding carboxylic acids is 1. The van der Waals surface area contributed by atoms with Gasteiger partial charge in [0, 0.05) is 17.9 Å². The highest BCUT2D eigenvalue weighted by molar-refractivity contribution is 9.09. The number of alkyl halides is 1. The number of methoxy groups -OCH3 is 1. The van der Waals surface area contributed by atoms with Gasteiger partial charge in [0.25, 0.3) is 0 Å². The second-order valence-corrected chi connectivity index (χ2v) is 6.04. The monoisotopic (exact) mass is 339 g/mol. The number of halogens is 1. The number of benzene rings is 1. The predicted molar refractivity (Wildman–Crippen MR) is 84.5 cm³/mol. The molecule has 1 unspecified atom stereocenters. The highest BCUT2D eigenvalue weighted by Crippen LogP contribution is 2.23. The maximum absolute atomic E-state index is 12.5. The van der Waals surface area contributed by atoms with E-state index in [0.717, 1.165) is 48.9 Å². The van der Waals surface area contributed by atoms with E-state index in [1.165, 1.54) is 0 Å². The smallest absolute Gasteiger partial charge is 0.227 e. The number of hydrogen-bond acceptors (Lipinski definition) is 2. The molecule has 1 aliphatic heterocycles. The van der Waals surface area contributed by atoms with Gasteiger partial charge in [-0.2, -0.15) is 0 Å². The summed E-state index contributed by atoms with van der Waals surface area (Å²) in [6.45, 7) is 0.912. The second kappa shape index (κ2) is 7.67. The number of nitrogens with zero attached hydrogens (tertiary/aromatic N) is 1. The van der Waals surface area contributed by atoms with E-state index < -0.39 is 0 Å². The molecule has 0 radical (unpaired) electrons. The van der Waals surface area contributed by atoms with Crippen LogP contribution >= 0.6 is 15.9 Å². The van der Waals surface area contributed by atoms with Crippen LogP contribution in [0, 0.1) is 0 Å². The molecule has 0 aliphatic carbocycles. The van der Waals surface area contributed by atoms with Crippen molar-refractivity contribution < 1.29 is 9.53 Å². The molecule has 1 amide bonds. The van der Waals surface area contributed by atoms with Crippen LogP contribution in [0.4, 0.5) is 0 Å². The molecule has 0 saturated carbocycles. The fourth-order valence-corrected chi connectivity index (χ4v) is 3.16. The van der Waals surface area contributed by atoms with Gasteiger partial charge >= 0.3 is 0 Å². The summed E-state index contributed by atoms with van der Waals surface area (Å²) in [6, 6.07) is 8.22. The first-order valence-corrected chi connectivity index (χ1v) is 8.35. The Balaban J connectivity index is 1.96. The zero-order valence-electron chi connectivity index (χ0n) is 12.0. The first kappa shape index (κ1) is 15.4. The number of amides is 1. The van der Waals surface area contributed by atoms with Crippen molar-refractivity contribution in [3.8, 4) is 5.75 Å². The molecule has 20 heavy (non-hydrogen) atoms. The first-order chi connectivity index (χ1) is 9.74. The molecule has 3 nitrogen and oxygen atoms in total. The first-order valence-electron chi connectivity index (χ1n) is 7.23. The maximum Gasteiger partial charge on any atom is 0.227 e. The minimum Gasteiger partial charge on any atom is -0.497 e. The molecule has 4 heteroatoms. The summed E-state index contributed by atoms with van der Waals surface area (Å²) in [6.07, 6.45) is 5.00. The fourth-order valence-electron chi connectivity index (χ4n) is 2.84. The molecular formula is C16H22BrNO2. The minimum absolute atomic E-state index is 0.246. The lowest BCUT2D eigenvalue weighted by molar-refractivity contribution is -0.131. The van der Waals surface area contributed by atoms with Crippen molar-refractivity contribution in [2.24, 2.45) is 0 Å². The second-order valence-electron chi connectivity index (χ2n) is 5.24. The van der Waals surface area contributed by atoms with Gasteiger partial charge in [0.1, 0.15) is 5.75 Å². The number of rotatable bonds is 6. The molecule has 0 bridgehead atoms. The largest absolute Gasteiger partial charge is 0.497 e. The van der Waals surface area contributed by atoms with Crippen LogP contribution < -0.4 is 4.74 Å². The summed E-state index contributed by atoms with van der Waals surface area (Å²) in [5, 5.41) is 1.02. The van der Waals surface area contributed by atoms with Crippen molar-refractivity contribution in [1.29, 1.82) is 0 Å². The lowest BCUT2D eigenvalue weighted by Crippen LogP contribution is -2.36. The van der Waals surface area contributed by atoms with E-state index in [2.05, 4.69) is 20.8 Å². The van der Waals surface area contributed by atoms with Crippen molar-refractivity contribution in [3.05, 3.63) is 29.8 Å². The summed E-state index contributed by atoms with van der Waals surface area (Å²) in [4.78, 5) is 14.5. The summed E-state index contributed by atoms with van der Waals surface area (Å²) in [5.41, 5.74) is 1.03. The third-order valence-electron chi connectivity index (χ3n) is 3.86. The SMILES string of the molecule is COc1cccc(CC(=O)N2CCCC2CCCBr)c1. The summed E-state index contributed by atoms with van der Waals surface area (Å²) >= 11 is 3.47. The van der Waals surface area contributed by atoms with E-state index in [1.807, 2.05) is 24.3 Å². The molecule has 2 rings (SSSR count). The van der Waals surface area contributed by atoms with E-state index >= 15 is 0 Å². The van der Waals surface area contributed by atoms with Crippen molar-refractivity contribution in [1.82, 2.24) is 4.90 Å². The van der Waals surface area contributed by atoms with Gasteiger partial charge in [0.2, 0.25) is 5.91 Å². The molecule has 0 spiro atoms. The molecule has 110 valence electrons. The number of ether oxygens (including phenoxy) is 1. The van der Waals surface area contributed by atoms with Crippen molar-refractivity contribution in [2.75, 3.05) is 19.0 Å². The van der Waals surface area contributed by atoms with Gasteiger partial charge in [0.05, 0.1) is 13.5 Å². The minimum atomic E-state index is 0.246. The Morgan fingerprint density at radius 2 is 2.35 bits per heavy atom. The number of carbonyl (C=O) groups is 1. The normalized spacial score (nSPS) is 18.3. The molecule has 1 aromatic rings. The Kier molecular flexibility index (Phi) is 5.89. The van der Waals surface area contributed by atoms with Crippen LogP contribution in [0.2, 0.25) is 0 Å². The Hall–Kier alpha value is -1.03. The van der Waals surface area contributed by atoms with E-state index in [1.54, 1.807) is 7.11 Å². The van der Waals surface area contributed by atoms with Gasteiger partial charge in [-0.15, -0.1) is 0 Å². The zero-order chi connectivity index (χ0) is 14.4. The van der Waals surface area contributed by atoms with Crippen LogP contribution in [0.5, 0.6) is 5.75 Å². The Morgan fingerprint density at radius 3 is 3.10 bits per heavy atom. The highest BCUT2D eigenvalue weighted by atomic mass is 79.9. The predicted octanol–water partition coefficient (Wildman–Crippen LogP) is 3.40. The molecule has 1 aromatic carbocycles. The summed E-state index contributed by atoms with van der Waals surface area (Å²) < 4.78 is 5.21. The lowest BCUT2D eigenvalue weighted by atomic mass is 10.1. The topological polar surface area (TPSA) is 29.5 Å². The van der Waals surface area contributed by atoms with Crippen LogP contribution in [0.15, 0.2) is 24.3 Å². The molecule has 1 aliphatic rings. The van der Waals surface area contributed by atoms with Crippen LogP contribution in [0.1, 0.15) is 31.2 Å². The average Bonchev–Trinajstić information content (AvgIpc) is 2.93. The van der Waals surface area contributed by atoms with E-state index in [-0.39, 0.29) is 5.91 Å². The highest BCUT2D eigenvalue weighted by Gasteiger charge is 2.27. The quantitative estimate of drug-likeness (QED) is 0.743.